The molecular formula is C25H38N8O5. The number of H-pyrrole nitrogens is 1. The third-order valence-corrected chi connectivity index (χ3v) is 6.26. The molecule has 4 atom stereocenters. The van der Waals surface area contributed by atoms with Crippen LogP contribution in [0.25, 0.3) is 10.9 Å². The van der Waals surface area contributed by atoms with Gasteiger partial charge in [0.15, 0.2) is 5.96 Å². The van der Waals surface area contributed by atoms with Crippen LogP contribution in [0.15, 0.2) is 35.5 Å². The van der Waals surface area contributed by atoms with Crippen molar-refractivity contribution in [2.24, 2.45) is 28.1 Å². The number of benzene rings is 1. The summed E-state index contributed by atoms with van der Waals surface area (Å²) in [7, 11) is 0. The first-order valence-corrected chi connectivity index (χ1v) is 12.5. The van der Waals surface area contributed by atoms with Gasteiger partial charge in [-0.25, -0.2) is 4.79 Å². The second-order valence-corrected chi connectivity index (χ2v) is 9.17. The van der Waals surface area contributed by atoms with Crippen molar-refractivity contribution in [3.05, 3.63) is 36.0 Å². The molecule has 1 aromatic carbocycles. The Bertz CT molecular complexity index is 1140. The summed E-state index contributed by atoms with van der Waals surface area (Å²) in [6.45, 7) is 3.39. The molecule has 0 saturated heterocycles. The highest BCUT2D eigenvalue weighted by atomic mass is 16.4. The number of rotatable bonds is 15. The second kappa shape index (κ2) is 14.6. The first-order chi connectivity index (χ1) is 18.0. The molecule has 2 aromatic rings. The molecule has 4 unspecified atom stereocenters. The molecule has 0 saturated carbocycles. The van der Waals surface area contributed by atoms with Crippen LogP contribution < -0.4 is 33.2 Å². The van der Waals surface area contributed by atoms with Gasteiger partial charge in [-0.1, -0.05) is 38.5 Å². The highest BCUT2D eigenvalue weighted by Gasteiger charge is 2.28. The third kappa shape index (κ3) is 9.07. The number of para-hydroxylation sites is 1. The van der Waals surface area contributed by atoms with E-state index >= 15 is 0 Å². The Morgan fingerprint density at radius 2 is 1.82 bits per heavy atom. The van der Waals surface area contributed by atoms with Crippen molar-refractivity contribution in [3.63, 3.8) is 0 Å². The van der Waals surface area contributed by atoms with Gasteiger partial charge < -0.3 is 43.2 Å². The molecule has 13 heteroatoms. The summed E-state index contributed by atoms with van der Waals surface area (Å²) < 4.78 is 0. The largest absolute Gasteiger partial charge is 0.480 e. The molecule has 13 nitrogen and oxygen atoms in total. The predicted octanol–water partition coefficient (Wildman–Crippen LogP) is -0.692. The maximum atomic E-state index is 13.1. The van der Waals surface area contributed by atoms with E-state index in [-0.39, 0.29) is 18.3 Å². The lowest BCUT2D eigenvalue weighted by atomic mass is 9.99. The number of hydrogen-bond acceptors (Lipinski definition) is 6. The van der Waals surface area contributed by atoms with Crippen LogP contribution >= 0.6 is 0 Å². The lowest BCUT2D eigenvalue weighted by Gasteiger charge is -2.22. The highest BCUT2D eigenvalue weighted by molar-refractivity contribution is 5.93. The van der Waals surface area contributed by atoms with Gasteiger partial charge in [0.05, 0.1) is 12.6 Å². The van der Waals surface area contributed by atoms with Crippen molar-refractivity contribution in [3.8, 4) is 0 Å². The summed E-state index contributed by atoms with van der Waals surface area (Å²) in [4.78, 5) is 56.8. The number of nitrogens with one attached hydrogen (secondary N) is 4. The van der Waals surface area contributed by atoms with Gasteiger partial charge in [-0.2, -0.15) is 0 Å². The lowest BCUT2D eigenvalue weighted by molar-refractivity contribution is -0.143. The number of nitrogens with zero attached hydrogens (tertiary/aromatic N) is 1. The molecule has 0 aliphatic heterocycles. The van der Waals surface area contributed by atoms with E-state index in [1.54, 1.807) is 13.1 Å². The summed E-state index contributed by atoms with van der Waals surface area (Å²) in [5.41, 5.74) is 18.3. The van der Waals surface area contributed by atoms with E-state index in [0.29, 0.717) is 25.8 Å². The number of carbonyl (C=O) groups excluding carboxylic acids is 3. The summed E-state index contributed by atoms with van der Waals surface area (Å²) >= 11 is 0. The molecule has 0 bridgehead atoms. The molecule has 1 heterocycles. The number of aliphatic imine (C=N–C) groups is 1. The number of fused-ring (bicyclic) bond motifs is 1. The number of aliphatic carboxylic acids is 1. The zero-order valence-electron chi connectivity index (χ0n) is 21.7. The second-order valence-electron chi connectivity index (χ2n) is 9.17. The first kappa shape index (κ1) is 30.1. The van der Waals surface area contributed by atoms with Gasteiger partial charge in [0.2, 0.25) is 17.7 Å². The van der Waals surface area contributed by atoms with E-state index < -0.39 is 48.4 Å². The van der Waals surface area contributed by atoms with Gasteiger partial charge in [0.1, 0.15) is 12.1 Å². The number of carboxylic acid groups (broad SMARTS) is 1. The summed E-state index contributed by atoms with van der Waals surface area (Å²) in [6.07, 6.45) is 3.19. The molecule has 3 amide bonds. The van der Waals surface area contributed by atoms with Crippen molar-refractivity contribution in [2.75, 3.05) is 13.1 Å². The van der Waals surface area contributed by atoms with Gasteiger partial charge >= 0.3 is 5.97 Å². The van der Waals surface area contributed by atoms with E-state index in [2.05, 4.69) is 25.9 Å². The number of nitrogens with two attached hydrogens (primary N) is 3. The smallest absolute Gasteiger partial charge is 0.326 e. The number of carbonyl (C=O) groups is 4. The molecule has 38 heavy (non-hydrogen) atoms. The Morgan fingerprint density at radius 3 is 2.47 bits per heavy atom. The molecule has 0 aliphatic carbocycles. The average Bonchev–Trinajstić information content (AvgIpc) is 3.29. The minimum atomic E-state index is -1.16. The summed E-state index contributed by atoms with van der Waals surface area (Å²) in [6, 6.07) is 4.49. The minimum absolute atomic E-state index is 0.0543. The Labute approximate surface area is 221 Å². The number of carboxylic acids is 1. The molecule has 0 fully saturated rings. The standard InChI is InChI=1S/C25H38N8O5/c1-3-14(2)21(24(37)38)33-20(34)13-31-23(36)19(11-15-12-30-18-9-5-4-7-16(15)18)32-22(35)17(26)8-6-10-29-25(27)28/h4-5,7,9,12,14,17,19,21,30H,3,6,8,10-11,13,26H2,1-2H3,(H,31,36)(H,32,35)(H,33,34)(H,37,38)(H4,27,28,29). The van der Waals surface area contributed by atoms with Crippen LogP contribution in [0.4, 0.5) is 0 Å². The minimum Gasteiger partial charge on any atom is -0.480 e. The van der Waals surface area contributed by atoms with Crippen molar-refractivity contribution in [2.45, 2.75) is 57.7 Å². The van der Waals surface area contributed by atoms with Crippen LogP contribution in [0.1, 0.15) is 38.7 Å². The van der Waals surface area contributed by atoms with Gasteiger partial charge in [0, 0.05) is 30.1 Å². The zero-order valence-corrected chi connectivity index (χ0v) is 21.7. The van der Waals surface area contributed by atoms with Crippen LogP contribution in [0.5, 0.6) is 0 Å². The van der Waals surface area contributed by atoms with Crippen molar-refractivity contribution < 1.29 is 24.3 Å². The highest BCUT2D eigenvalue weighted by Crippen LogP contribution is 2.19. The fourth-order valence-corrected chi connectivity index (χ4v) is 3.86. The lowest BCUT2D eigenvalue weighted by Crippen LogP contribution is -2.54. The Balaban J connectivity index is 2.09. The predicted molar refractivity (Wildman–Crippen MR) is 144 cm³/mol. The number of amides is 3. The monoisotopic (exact) mass is 530 g/mol. The van der Waals surface area contributed by atoms with Gasteiger partial charge in [-0.15, -0.1) is 0 Å². The molecule has 0 radical (unpaired) electrons. The van der Waals surface area contributed by atoms with Crippen molar-refractivity contribution in [1.29, 1.82) is 0 Å². The quantitative estimate of drug-likeness (QED) is 0.0832. The fraction of sp³-hybridized carbons (Fsp3) is 0.480. The molecule has 0 aliphatic rings. The van der Waals surface area contributed by atoms with Crippen LogP contribution in [-0.4, -0.2) is 71.0 Å². The zero-order chi connectivity index (χ0) is 28.2. The maximum Gasteiger partial charge on any atom is 0.326 e. The van der Waals surface area contributed by atoms with E-state index in [0.717, 1.165) is 16.5 Å². The van der Waals surface area contributed by atoms with E-state index in [1.165, 1.54) is 0 Å². The van der Waals surface area contributed by atoms with Gasteiger partial charge in [0.25, 0.3) is 0 Å². The Hall–Kier alpha value is -4.13. The topological polar surface area (TPSA) is 231 Å². The van der Waals surface area contributed by atoms with Gasteiger partial charge in [-0.3, -0.25) is 19.4 Å². The van der Waals surface area contributed by atoms with Crippen LogP contribution in [0.3, 0.4) is 0 Å². The molecule has 208 valence electrons. The van der Waals surface area contributed by atoms with Crippen LogP contribution in [0.2, 0.25) is 0 Å². The number of aromatic nitrogens is 1. The third-order valence-electron chi connectivity index (χ3n) is 6.26. The molecule has 11 N–H and O–H groups in total. The number of guanidine groups is 1. The van der Waals surface area contributed by atoms with E-state index in [1.807, 2.05) is 31.2 Å². The van der Waals surface area contributed by atoms with Crippen LogP contribution in [-0.2, 0) is 25.6 Å². The number of hydrogen-bond donors (Lipinski definition) is 8. The average molecular weight is 531 g/mol. The molecular weight excluding hydrogens is 492 g/mol. The van der Waals surface area contributed by atoms with E-state index in [9.17, 15) is 24.3 Å². The molecule has 2 rings (SSSR count). The number of aromatic amines is 1. The van der Waals surface area contributed by atoms with Gasteiger partial charge in [-0.05, 0) is 30.4 Å². The summed E-state index contributed by atoms with van der Waals surface area (Å²) in [5.74, 6) is -3.31. The maximum absolute atomic E-state index is 13.1. The van der Waals surface area contributed by atoms with Crippen LogP contribution in [0, 0.1) is 5.92 Å². The first-order valence-electron chi connectivity index (χ1n) is 12.5. The fourth-order valence-electron chi connectivity index (χ4n) is 3.86. The Morgan fingerprint density at radius 1 is 1.11 bits per heavy atom. The van der Waals surface area contributed by atoms with Crippen molar-refractivity contribution in [1.82, 2.24) is 20.9 Å². The normalized spacial score (nSPS) is 14.1. The molecule has 0 spiro atoms. The molecule has 1 aromatic heterocycles. The summed E-state index contributed by atoms with van der Waals surface area (Å²) in [5, 5.41) is 17.9. The van der Waals surface area contributed by atoms with Crippen molar-refractivity contribution >= 4 is 40.6 Å². The Kier molecular flexibility index (Phi) is 11.5. The SMILES string of the molecule is CCC(C)C(NC(=O)CNC(=O)C(Cc1c[nH]c2ccccc12)NC(=O)C(N)CCCN=C(N)N)C(=O)O. The van der Waals surface area contributed by atoms with E-state index in [4.69, 9.17) is 17.2 Å².